The Morgan fingerprint density at radius 1 is 1.14 bits per heavy atom. The number of hydrogen-bond acceptors (Lipinski definition) is 5. The van der Waals surface area contributed by atoms with Gasteiger partial charge in [-0.15, -0.1) is 5.10 Å². The van der Waals surface area contributed by atoms with E-state index in [9.17, 15) is 9.59 Å². The van der Waals surface area contributed by atoms with E-state index in [1.807, 2.05) is 0 Å². The van der Waals surface area contributed by atoms with Crippen LogP contribution in [0, 0.1) is 20.8 Å². The van der Waals surface area contributed by atoms with Gasteiger partial charge < -0.3 is 15.4 Å². The van der Waals surface area contributed by atoms with Crippen molar-refractivity contribution in [3.63, 3.8) is 0 Å². The largest absolute Gasteiger partial charge is 0.477 e. The smallest absolute Gasteiger partial charge is 0.354 e. The molecule has 0 unspecified atom stereocenters. The Balaban J connectivity index is 2.11. The first kappa shape index (κ1) is 14.4. The molecule has 2 aromatic heterocycles. The fourth-order valence-corrected chi connectivity index (χ4v) is 1.62. The summed E-state index contributed by atoms with van der Waals surface area (Å²) in [4.78, 5) is 29.5. The number of nitrogens with zero attached hydrogens (tertiary/aromatic N) is 3. The van der Waals surface area contributed by atoms with Crippen molar-refractivity contribution >= 4 is 23.6 Å². The lowest BCUT2D eigenvalue weighted by Crippen LogP contribution is -2.22. The molecule has 2 amide bonds. The van der Waals surface area contributed by atoms with Crippen LogP contribution in [0.15, 0.2) is 6.07 Å². The van der Waals surface area contributed by atoms with Crippen molar-refractivity contribution in [2.75, 3.05) is 10.6 Å². The Hall–Kier alpha value is -2.97. The van der Waals surface area contributed by atoms with E-state index >= 15 is 0 Å². The van der Waals surface area contributed by atoms with Gasteiger partial charge in [0.25, 0.3) is 5.95 Å². The van der Waals surface area contributed by atoms with E-state index < -0.39 is 12.0 Å². The average Bonchev–Trinajstić information content (AvgIpc) is 2.75. The molecule has 0 aliphatic rings. The highest BCUT2D eigenvalue weighted by Gasteiger charge is 2.16. The summed E-state index contributed by atoms with van der Waals surface area (Å²) in [5, 5.41) is 21.4. The number of carbonyl (C=O) groups excluding carboxylic acids is 1. The number of nitrogens with one attached hydrogen (secondary N) is 3. The van der Waals surface area contributed by atoms with Gasteiger partial charge in [0.1, 0.15) is 5.69 Å². The molecule has 0 fully saturated rings. The first-order valence-electron chi connectivity index (χ1n) is 6.05. The Kier molecular flexibility index (Phi) is 3.83. The molecule has 9 nitrogen and oxygen atoms in total. The standard InChI is InChI=1S/C12H14N6O3/c1-5-4-8(9(13-5)10(19)20)15-12(21)16-11-14-6(2)7(3)17-18-11/h4,13H,1-3H3,(H,19,20)(H2,14,15,16,18,21). The van der Waals surface area contributed by atoms with Gasteiger partial charge in [-0.3, -0.25) is 5.32 Å². The number of urea groups is 1. The summed E-state index contributed by atoms with van der Waals surface area (Å²) in [5.74, 6) is -1.12. The van der Waals surface area contributed by atoms with Crippen molar-refractivity contribution in [3.05, 3.63) is 28.8 Å². The van der Waals surface area contributed by atoms with Crippen LogP contribution >= 0.6 is 0 Å². The van der Waals surface area contributed by atoms with Gasteiger partial charge in [-0.1, -0.05) is 0 Å². The molecule has 21 heavy (non-hydrogen) atoms. The number of carbonyl (C=O) groups is 2. The Labute approximate surface area is 119 Å². The summed E-state index contributed by atoms with van der Waals surface area (Å²) in [6, 6.07) is 0.865. The maximum Gasteiger partial charge on any atom is 0.354 e. The van der Waals surface area contributed by atoms with E-state index in [-0.39, 0.29) is 17.3 Å². The summed E-state index contributed by atoms with van der Waals surface area (Å²) in [6.07, 6.45) is 0. The zero-order valence-corrected chi connectivity index (χ0v) is 11.7. The maximum atomic E-state index is 11.8. The molecule has 2 heterocycles. The molecule has 2 aromatic rings. The molecule has 9 heteroatoms. The number of carboxylic acids is 1. The number of aromatic carboxylic acids is 1. The number of anilines is 2. The zero-order chi connectivity index (χ0) is 15.6. The molecule has 2 rings (SSSR count). The summed E-state index contributed by atoms with van der Waals surface area (Å²) in [5.41, 5.74) is 1.99. The van der Waals surface area contributed by atoms with Crippen molar-refractivity contribution < 1.29 is 14.7 Å². The zero-order valence-electron chi connectivity index (χ0n) is 11.7. The quantitative estimate of drug-likeness (QED) is 0.676. The van der Waals surface area contributed by atoms with Crippen LogP contribution in [0.1, 0.15) is 27.6 Å². The molecular formula is C12H14N6O3. The lowest BCUT2D eigenvalue weighted by Gasteiger charge is -2.06. The predicted octanol–water partition coefficient (Wildman–Crippen LogP) is 1.47. The summed E-state index contributed by atoms with van der Waals surface area (Å²) >= 11 is 0. The molecule has 110 valence electrons. The molecular weight excluding hydrogens is 276 g/mol. The molecule has 0 saturated heterocycles. The summed E-state index contributed by atoms with van der Waals surface area (Å²) in [7, 11) is 0. The average molecular weight is 290 g/mol. The van der Waals surface area contributed by atoms with Gasteiger partial charge in [0, 0.05) is 5.69 Å². The SMILES string of the molecule is Cc1cc(NC(=O)Nc2nnc(C)c(C)n2)c(C(=O)O)[nH]1. The molecule has 0 saturated carbocycles. The molecule has 0 radical (unpaired) electrons. The minimum atomic E-state index is -1.16. The number of carboxylic acid groups (broad SMARTS) is 1. The van der Waals surface area contributed by atoms with E-state index in [1.165, 1.54) is 6.07 Å². The van der Waals surface area contributed by atoms with Crippen LogP contribution in [-0.4, -0.2) is 37.3 Å². The molecule has 0 aromatic carbocycles. The van der Waals surface area contributed by atoms with E-state index in [0.29, 0.717) is 17.1 Å². The van der Waals surface area contributed by atoms with Crippen LogP contribution in [0.25, 0.3) is 0 Å². The third kappa shape index (κ3) is 3.32. The first-order chi connectivity index (χ1) is 9.86. The normalized spacial score (nSPS) is 10.2. The Bertz CT molecular complexity index is 709. The number of H-pyrrole nitrogens is 1. The molecule has 0 aliphatic carbocycles. The molecule has 0 aliphatic heterocycles. The van der Waals surface area contributed by atoms with Crippen molar-refractivity contribution in [3.8, 4) is 0 Å². The number of amides is 2. The number of rotatable bonds is 3. The van der Waals surface area contributed by atoms with Gasteiger partial charge in [-0.05, 0) is 26.8 Å². The highest BCUT2D eigenvalue weighted by molar-refractivity contribution is 6.03. The van der Waals surface area contributed by atoms with Crippen molar-refractivity contribution in [2.24, 2.45) is 0 Å². The second kappa shape index (κ2) is 5.57. The predicted molar refractivity (Wildman–Crippen MR) is 74.4 cm³/mol. The molecule has 0 bridgehead atoms. The number of hydrogen-bond donors (Lipinski definition) is 4. The lowest BCUT2D eigenvalue weighted by atomic mass is 10.3. The Morgan fingerprint density at radius 3 is 2.48 bits per heavy atom. The topological polar surface area (TPSA) is 133 Å². The van der Waals surface area contributed by atoms with Gasteiger partial charge in [0.15, 0.2) is 0 Å². The number of aromatic nitrogens is 4. The van der Waals surface area contributed by atoms with Crippen molar-refractivity contribution in [2.45, 2.75) is 20.8 Å². The van der Waals surface area contributed by atoms with Crippen LogP contribution in [0.5, 0.6) is 0 Å². The van der Waals surface area contributed by atoms with Crippen molar-refractivity contribution in [1.82, 2.24) is 20.2 Å². The molecule has 4 N–H and O–H groups in total. The van der Waals surface area contributed by atoms with Crippen LogP contribution in [0.4, 0.5) is 16.4 Å². The van der Waals surface area contributed by atoms with Gasteiger partial charge in [0.2, 0.25) is 0 Å². The van der Waals surface area contributed by atoms with Gasteiger partial charge in [0.05, 0.1) is 17.1 Å². The maximum absolute atomic E-state index is 11.8. The number of aryl methyl sites for hydroxylation is 3. The summed E-state index contributed by atoms with van der Waals surface area (Å²) < 4.78 is 0. The summed E-state index contributed by atoms with van der Waals surface area (Å²) in [6.45, 7) is 5.18. The Morgan fingerprint density at radius 2 is 1.86 bits per heavy atom. The minimum Gasteiger partial charge on any atom is -0.477 e. The molecule has 0 atom stereocenters. The fourth-order valence-electron chi connectivity index (χ4n) is 1.62. The van der Waals surface area contributed by atoms with Crippen LogP contribution in [-0.2, 0) is 0 Å². The van der Waals surface area contributed by atoms with Gasteiger partial charge >= 0.3 is 12.0 Å². The van der Waals surface area contributed by atoms with Crippen LogP contribution < -0.4 is 10.6 Å². The van der Waals surface area contributed by atoms with Crippen LogP contribution in [0.3, 0.4) is 0 Å². The van der Waals surface area contributed by atoms with Gasteiger partial charge in [-0.2, -0.15) is 5.10 Å². The first-order valence-corrected chi connectivity index (χ1v) is 6.05. The second-order valence-electron chi connectivity index (χ2n) is 4.43. The van der Waals surface area contributed by atoms with Crippen LogP contribution in [0.2, 0.25) is 0 Å². The molecule has 0 spiro atoms. The second-order valence-corrected chi connectivity index (χ2v) is 4.43. The van der Waals surface area contributed by atoms with Crippen molar-refractivity contribution in [1.29, 1.82) is 0 Å². The van der Waals surface area contributed by atoms with E-state index in [4.69, 9.17) is 5.11 Å². The highest BCUT2D eigenvalue weighted by atomic mass is 16.4. The highest BCUT2D eigenvalue weighted by Crippen LogP contribution is 2.17. The van der Waals surface area contributed by atoms with E-state index in [2.05, 4.69) is 30.8 Å². The fraction of sp³-hybridized carbons (Fsp3) is 0.250. The third-order valence-electron chi connectivity index (χ3n) is 2.73. The lowest BCUT2D eigenvalue weighted by molar-refractivity contribution is 0.0692. The number of aromatic amines is 1. The van der Waals surface area contributed by atoms with Gasteiger partial charge in [-0.25, -0.2) is 14.6 Å². The van der Waals surface area contributed by atoms with E-state index in [1.54, 1.807) is 20.8 Å². The minimum absolute atomic E-state index is 0.0414. The monoisotopic (exact) mass is 290 g/mol. The van der Waals surface area contributed by atoms with E-state index in [0.717, 1.165) is 0 Å². The third-order valence-corrected chi connectivity index (χ3v) is 2.73.